The molecule has 0 aromatic heterocycles. The second-order valence-corrected chi connectivity index (χ2v) is 8.64. The van der Waals surface area contributed by atoms with Crippen LogP contribution >= 0.6 is 0 Å². The molecule has 164 valence electrons. The first kappa shape index (κ1) is 21.4. The van der Waals surface area contributed by atoms with Gasteiger partial charge in [-0.15, -0.1) is 0 Å². The van der Waals surface area contributed by atoms with Crippen LogP contribution in [-0.2, 0) is 19.7 Å². The highest BCUT2D eigenvalue weighted by Gasteiger charge is 2.27. The Labute approximate surface area is 182 Å². The third-order valence-electron chi connectivity index (χ3n) is 4.70. The number of hydrogen-bond acceptors (Lipinski definition) is 5. The van der Waals surface area contributed by atoms with E-state index >= 15 is 0 Å². The lowest BCUT2D eigenvalue weighted by Crippen LogP contribution is -2.21. The molecule has 0 bridgehead atoms. The van der Waals surface area contributed by atoms with Gasteiger partial charge in [0, 0.05) is 17.8 Å². The molecular weight excluding hydrogens is 440 g/mol. The Balaban J connectivity index is 1.37. The Morgan fingerprint density at radius 3 is 2.31 bits per heavy atom. The van der Waals surface area contributed by atoms with E-state index in [1.165, 1.54) is 24.3 Å². The van der Waals surface area contributed by atoms with E-state index in [0.717, 1.165) is 17.7 Å². The molecule has 1 atom stereocenters. The summed E-state index contributed by atoms with van der Waals surface area (Å²) in [7, 11) is -4.11. The van der Waals surface area contributed by atoms with Crippen molar-refractivity contribution in [3.05, 3.63) is 90.0 Å². The van der Waals surface area contributed by atoms with E-state index in [2.05, 4.69) is 15.2 Å². The molecule has 1 aliphatic heterocycles. The van der Waals surface area contributed by atoms with Crippen LogP contribution in [0.25, 0.3) is 0 Å². The number of carbonyl (C=O) groups is 1. The van der Waals surface area contributed by atoms with Gasteiger partial charge in [0.25, 0.3) is 15.9 Å². The highest BCUT2D eigenvalue weighted by Crippen LogP contribution is 2.27. The molecule has 0 spiro atoms. The minimum atomic E-state index is -4.11. The molecular formula is C22H17F2N3O4S. The molecule has 0 saturated carbocycles. The lowest BCUT2D eigenvalue weighted by atomic mass is 10.0. The molecule has 32 heavy (non-hydrogen) atoms. The Bertz CT molecular complexity index is 1280. The molecule has 1 aliphatic rings. The quantitative estimate of drug-likeness (QED) is 0.579. The maximum Gasteiger partial charge on any atom is 0.273 e. The summed E-state index contributed by atoms with van der Waals surface area (Å²) in [4.78, 5) is 17.4. The number of oxime groups is 1. The lowest BCUT2D eigenvalue weighted by Gasteiger charge is -2.10. The Morgan fingerprint density at radius 2 is 1.62 bits per heavy atom. The summed E-state index contributed by atoms with van der Waals surface area (Å²) in [6.45, 7) is 0. The van der Waals surface area contributed by atoms with E-state index in [4.69, 9.17) is 4.84 Å². The van der Waals surface area contributed by atoms with Gasteiger partial charge in [0.2, 0.25) is 0 Å². The molecule has 0 radical (unpaired) electrons. The summed E-state index contributed by atoms with van der Waals surface area (Å²) in [6.07, 6.45) is -0.00729. The minimum Gasteiger partial charge on any atom is -0.387 e. The van der Waals surface area contributed by atoms with Gasteiger partial charge >= 0.3 is 0 Å². The van der Waals surface area contributed by atoms with Crippen molar-refractivity contribution in [1.29, 1.82) is 0 Å². The van der Waals surface area contributed by atoms with Crippen molar-refractivity contribution in [2.45, 2.75) is 17.4 Å². The average Bonchev–Trinajstić information content (AvgIpc) is 3.28. The van der Waals surface area contributed by atoms with Crippen LogP contribution in [0.3, 0.4) is 0 Å². The zero-order valence-corrected chi connectivity index (χ0v) is 17.3. The van der Waals surface area contributed by atoms with Crippen molar-refractivity contribution < 1.29 is 26.8 Å². The van der Waals surface area contributed by atoms with E-state index in [1.54, 1.807) is 0 Å². The predicted molar refractivity (Wildman–Crippen MR) is 115 cm³/mol. The molecule has 1 unspecified atom stereocenters. The van der Waals surface area contributed by atoms with Crippen LogP contribution < -0.4 is 10.0 Å². The molecule has 3 aromatic rings. The van der Waals surface area contributed by atoms with Gasteiger partial charge in [-0.25, -0.2) is 17.2 Å². The lowest BCUT2D eigenvalue weighted by molar-refractivity contribution is -0.110. The SMILES string of the molecule is O=C(Nc1ccc(NS(=O)(=O)c2ccc(F)c(F)c2)cc1)C1=NOC(c2ccccc2)C1. The van der Waals surface area contributed by atoms with Crippen LogP contribution in [0.2, 0.25) is 0 Å². The number of sulfonamides is 1. The van der Waals surface area contributed by atoms with Crippen molar-refractivity contribution in [2.24, 2.45) is 5.16 Å². The zero-order valence-electron chi connectivity index (χ0n) is 16.5. The molecule has 4 rings (SSSR count). The van der Waals surface area contributed by atoms with Crippen molar-refractivity contribution in [3.63, 3.8) is 0 Å². The van der Waals surface area contributed by atoms with Gasteiger partial charge < -0.3 is 10.2 Å². The normalized spacial score (nSPS) is 15.6. The maximum atomic E-state index is 13.3. The topological polar surface area (TPSA) is 96.9 Å². The van der Waals surface area contributed by atoms with E-state index in [-0.39, 0.29) is 17.5 Å². The van der Waals surface area contributed by atoms with E-state index in [1.807, 2.05) is 30.3 Å². The van der Waals surface area contributed by atoms with Crippen LogP contribution in [-0.4, -0.2) is 20.0 Å². The van der Waals surface area contributed by atoms with Crippen molar-refractivity contribution in [2.75, 3.05) is 10.0 Å². The standard InChI is InChI=1S/C22H17F2N3O4S/c23-18-11-10-17(12-19(18)24)32(29,30)27-16-8-6-15(7-9-16)25-22(28)20-13-21(31-26-20)14-4-2-1-3-5-14/h1-12,21,27H,13H2,(H,25,28). The summed E-state index contributed by atoms with van der Waals surface area (Å²) in [5, 5.41) is 6.53. The summed E-state index contributed by atoms with van der Waals surface area (Å²) in [6, 6.07) is 17.5. The van der Waals surface area contributed by atoms with Gasteiger partial charge in [0.15, 0.2) is 17.7 Å². The number of hydrogen-bond donors (Lipinski definition) is 2. The molecule has 2 N–H and O–H groups in total. The molecule has 0 fully saturated rings. The zero-order chi connectivity index (χ0) is 22.7. The molecule has 0 saturated heterocycles. The molecule has 1 heterocycles. The van der Waals surface area contributed by atoms with Crippen LogP contribution in [0.5, 0.6) is 0 Å². The number of benzene rings is 3. The van der Waals surface area contributed by atoms with Gasteiger partial charge in [-0.3, -0.25) is 9.52 Å². The number of nitrogens with zero attached hydrogens (tertiary/aromatic N) is 1. The fraction of sp³-hybridized carbons (Fsp3) is 0.0909. The van der Waals surface area contributed by atoms with Crippen molar-refractivity contribution in [1.82, 2.24) is 0 Å². The number of halogens is 2. The fourth-order valence-corrected chi connectivity index (χ4v) is 4.11. The Hall–Kier alpha value is -3.79. The van der Waals surface area contributed by atoms with E-state index in [9.17, 15) is 22.0 Å². The van der Waals surface area contributed by atoms with Gasteiger partial charge in [0.05, 0.1) is 4.90 Å². The smallest absolute Gasteiger partial charge is 0.273 e. The second-order valence-electron chi connectivity index (χ2n) is 6.96. The predicted octanol–water partition coefficient (Wildman–Crippen LogP) is 4.22. The fourth-order valence-electron chi connectivity index (χ4n) is 3.04. The van der Waals surface area contributed by atoms with Crippen LogP contribution in [0.15, 0.2) is 82.8 Å². The monoisotopic (exact) mass is 457 g/mol. The number of anilines is 2. The summed E-state index contributed by atoms with van der Waals surface area (Å²) < 4.78 is 53.4. The first-order valence-corrected chi connectivity index (χ1v) is 11.0. The Morgan fingerprint density at radius 1 is 0.938 bits per heavy atom. The van der Waals surface area contributed by atoms with E-state index < -0.39 is 32.5 Å². The molecule has 1 amide bonds. The summed E-state index contributed by atoms with van der Waals surface area (Å²) >= 11 is 0. The minimum absolute atomic E-state index is 0.179. The largest absolute Gasteiger partial charge is 0.387 e. The third kappa shape index (κ3) is 4.75. The number of nitrogens with one attached hydrogen (secondary N) is 2. The highest BCUT2D eigenvalue weighted by atomic mass is 32.2. The molecule has 3 aromatic carbocycles. The van der Waals surface area contributed by atoms with Crippen LogP contribution in [0.4, 0.5) is 20.2 Å². The first-order valence-electron chi connectivity index (χ1n) is 9.49. The number of amides is 1. The average molecular weight is 457 g/mol. The summed E-state index contributed by atoms with van der Waals surface area (Å²) in [5.41, 5.74) is 1.74. The van der Waals surface area contributed by atoms with Crippen molar-refractivity contribution in [3.8, 4) is 0 Å². The maximum absolute atomic E-state index is 13.3. The van der Waals surface area contributed by atoms with Crippen molar-refractivity contribution >= 4 is 33.0 Å². The first-order chi connectivity index (χ1) is 15.3. The van der Waals surface area contributed by atoms with Crippen LogP contribution in [0, 0.1) is 11.6 Å². The van der Waals surface area contributed by atoms with Gasteiger partial charge in [-0.2, -0.15) is 0 Å². The van der Waals surface area contributed by atoms with Gasteiger partial charge in [-0.1, -0.05) is 35.5 Å². The molecule has 10 heteroatoms. The van der Waals surface area contributed by atoms with Gasteiger partial charge in [0.1, 0.15) is 5.71 Å². The third-order valence-corrected chi connectivity index (χ3v) is 6.08. The second kappa shape index (κ2) is 8.75. The molecule has 0 aliphatic carbocycles. The van der Waals surface area contributed by atoms with Gasteiger partial charge in [-0.05, 0) is 48.0 Å². The number of carbonyl (C=O) groups excluding carboxylic acids is 1. The Kier molecular flexibility index (Phi) is 5.87. The van der Waals surface area contributed by atoms with E-state index in [0.29, 0.717) is 18.2 Å². The number of rotatable bonds is 6. The highest BCUT2D eigenvalue weighted by molar-refractivity contribution is 7.92. The summed E-state index contributed by atoms with van der Waals surface area (Å²) in [5.74, 6) is -2.84. The molecule has 7 nitrogen and oxygen atoms in total. The van der Waals surface area contributed by atoms with Crippen LogP contribution in [0.1, 0.15) is 18.1 Å².